The number of hydrogen-bond donors (Lipinski definition) is 1. The first kappa shape index (κ1) is 17.4. The van der Waals surface area contributed by atoms with Crippen molar-refractivity contribution < 1.29 is 0 Å². The molecule has 0 unspecified atom stereocenters. The summed E-state index contributed by atoms with van der Waals surface area (Å²) in [5, 5.41) is 0. The summed E-state index contributed by atoms with van der Waals surface area (Å²) in [7, 11) is 0. The molecule has 1 heteroatoms. The van der Waals surface area contributed by atoms with Crippen molar-refractivity contribution in [2.24, 2.45) is 5.73 Å². The fourth-order valence-corrected chi connectivity index (χ4v) is 1.25. The Hall–Kier alpha value is -0.980. The number of nitrogens with two attached hydrogens (primary N) is 1. The topological polar surface area (TPSA) is 26.0 Å². The molecule has 0 aromatic rings. The Morgan fingerprint density at radius 3 is 1.69 bits per heavy atom. The second-order valence-electron chi connectivity index (χ2n) is 3.75. The first-order valence-electron chi connectivity index (χ1n) is 6.38. The molecule has 16 heavy (non-hydrogen) atoms. The van der Waals surface area contributed by atoms with Crippen molar-refractivity contribution in [2.45, 2.75) is 59.8 Å². The Morgan fingerprint density at radius 2 is 1.50 bits per heavy atom. The highest BCUT2D eigenvalue weighted by atomic mass is 14.6. The van der Waals surface area contributed by atoms with Crippen molar-refractivity contribution in [3.8, 4) is 0 Å². The molecule has 0 aromatic heterocycles. The summed E-state index contributed by atoms with van der Waals surface area (Å²) in [4.78, 5) is 0. The van der Waals surface area contributed by atoms with Gasteiger partial charge in [-0.25, -0.2) is 0 Å². The number of hydrogen-bond acceptors (Lipinski definition) is 1. The molecule has 0 radical (unpaired) electrons. The van der Waals surface area contributed by atoms with Gasteiger partial charge in [0.15, 0.2) is 0 Å². The van der Waals surface area contributed by atoms with Crippen molar-refractivity contribution in [2.75, 3.05) is 0 Å². The van der Waals surface area contributed by atoms with Crippen LogP contribution in [0.25, 0.3) is 0 Å². The van der Waals surface area contributed by atoms with Gasteiger partial charge in [0.05, 0.1) is 0 Å². The van der Waals surface area contributed by atoms with Crippen molar-refractivity contribution in [1.82, 2.24) is 0 Å². The van der Waals surface area contributed by atoms with Gasteiger partial charge in [-0.3, -0.25) is 0 Å². The van der Waals surface area contributed by atoms with Crippen LogP contribution in [0.2, 0.25) is 0 Å². The largest absolute Gasteiger partial charge is 0.399 e. The van der Waals surface area contributed by atoms with Crippen molar-refractivity contribution >= 4 is 0 Å². The van der Waals surface area contributed by atoms with Gasteiger partial charge in [-0.15, -0.1) is 0 Å². The Bertz CT molecular complexity index is 207. The van der Waals surface area contributed by atoms with Crippen LogP contribution in [-0.2, 0) is 0 Å². The Morgan fingerprint density at radius 1 is 1.00 bits per heavy atom. The van der Waals surface area contributed by atoms with Crippen LogP contribution >= 0.6 is 0 Å². The van der Waals surface area contributed by atoms with E-state index in [0.29, 0.717) is 0 Å². The second-order valence-corrected chi connectivity index (χ2v) is 3.75. The van der Waals surface area contributed by atoms with Gasteiger partial charge in [-0.1, -0.05) is 70.8 Å². The first-order chi connectivity index (χ1) is 7.67. The van der Waals surface area contributed by atoms with E-state index in [1.807, 2.05) is 26.0 Å². The van der Waals surface area contributed by atoms with E-state index in [1.54, 1.807) is 6.08 Å². The molecule has 0 spiro atoms. The van der Waals surface area contributed by atoms with E-state index in [2.05, 4.69) is 20.4 Å². The lowest BCUT2D eigenvalue weighted by Gasteiger charge is -1.97. The van der Waals surface area contributed by atoms with E-state index >= 15 is 0 Å². The second kappa shape index (κ2) is 14.0. The molecule has 0 atom stereocenters. The molecule has 0 bridgehead atoms. The SMILES string of the molecule is C=CC(=C/C)/C(N)=C\C.CCCCCCC. The Labute approximate surface area is 102 Å². The predicted octanol–water partition coefficient (Wildman–Crippen LogP) is 4.96. The van der Waals surface area contributed by atoms with E-state index in [-0.39, 0.29) is 0 Å². The van der Waals surface area contributed by atoms with E-state index < -0.39 is 0 Å². The third-order valence-corrected chi connectivity index (χ3v) is 2.38. The third kappa shape index (κ3) is 11.1. The molecule has 0 aromatic carbocycles. The van der Waals surface area contributed by atoms with Gasteiger partial charge in [0.1, 0.15) is 0 Å². The highest BCUT2D eigenvalue weighted by Crippen LogP contribution is 2.02. The molecular weight excluding hydrogens is 194 g/mol. The molecule has 94 valence electrons. The first-order valence-corrected chi connectivity index (χ1v) is 6.38. The van der Waals surface area contributed by atoms with E-state index in [0.717, 1.165) is 11.3 Å². The fraction of sp³-hybridized carbons (Fsp3) is 0.600. The summed E-state index contributed by atoms with van der Waals surface area (Å²) in [6.45, 7) is 11.9. The number of allylic oxidation sites excluding steroid dienone is 3. The smallest absolute Gasteiger partial charge is 0.0340 e. The molecule has 2 N–H and O–H groups in total. The molecular formula is C15H29N. The van der Waals surface area contributed by atoms with Crippen LogP contribution in [0, 0.1) is 0 Å². The maximum absolute atomic E-state index is 5.56. The normalized spacial score (nSPS) is 11.8. The molecule has 0 aliphatic rings. The quantitative estimate of drug-likeness (QED) is 0.500. The Balaban J connectivity index is 0. The van der Waals surface area contributed by atoms with Crippen LogP contribution in [0.4, 0.5) is 0 Å². The minimum Gasteiger partial charge on any atom is -0.399 e. The standard InChI is InChI=1S/C8H13N.C7H16/c1-4-7(5-2)8(9)6-3;1-3-5-7-6-4-2/h4-6H,1,9H2,2-3H3;3-7H2,1-2H3/b7-5-,8-6+;. The summed E-state index contributed by atoms with van der Waals surface area (Å²) in [6.07, 6.45) is 12.5. The molecule has 0 aliphatic carbocycles. The maximum atomic E-state index is 5.56. The molecule has 1 nitrogen and oxygen atoms in total. The van der Waals surface area contributed by atoms with Crippen molar-refractivity contribution in [3.05, 3.63) is 36.1 Å². The van der Waals surface area contributed by atoms with Gasteiger partial charge in [0.25, 0.3) is 0 Å². The molecule has 0 amide bonds. The molecule has 0 saturated heterocycles. The van der Waals surface area contributed by atoms with Crippen LogP contribution in [0.15, 0.2) is 36.1 Å². The minimum atomic E-state index is 0.785. The minimum absolute atomic E-state index is 0.785. The zero-order chi connectivity index (χ0) is 12.8. The molecule has 0 fully saturated rings. The van der Waals surface area contributed by atoms with E-state index in [9.17, 15) is 0 Å². The number of rotatable bonds is 6. The summed E-state index contributed by atoms with van der Waals surface area (Å²) in [5.41, 5.74) is 7.34. The highest BCUT2D eigenvalue weighted by molar-refractivity contribution is 5.35. The molecule has 0 heterocycles. The van der Waals surface area contributed by atoms with Crippen LogP contribution in [0.3, 0.4) is 0 Å². The van der Waals surface area contributed by atoms with Crippen LogP contribution < -0.4 is 5.73 Å². The van der Waals surface area contributed by atoms with Gasteiger partial charge in [0, 0.05) is 5.70 Å². The molecule has 0 saturated carbocycles. The maximum Gasteiger partial charge on any atom is 0.0340 e. The van der Waals surface area contributed by atoms with Crippen LogP contribution in [-0.4, -0.2) is 0 Å². The summed E-state index contributed by atoms with van der Waals surface area (Å²) in [5.74, 6) is 0. The van der Waals surface area contributed by atoms with E-state index in [4.69, 9.17) is 5.73 Å². The summed E-state index contributed by atoms with van der Waals surface area (Å²) < 4.78 is 0. The zero-order valence-corrected chi connectivity index (χ0v) is 11.6. The average Bonchev–Trinajstić information content (AvgIpc) is 2.32. The molecule has 0 rings (SSSR count). The van der Waals surface area contributed by atoms with Crippen LogP contribution in [0.1, 0.15) is 59.8 Å². The highest BCUT2D eigenvalue weighted by Gasteiger charge is 1.88. The van der Waals surface area contributed by atoms with Gasteiger partial charge in [-0.05, 0) is 19.4 Å². The van der Waals surface area contributed by atoms with Crippen LogP contribution in [0.5, 0.6) is 0 Å². The lowest BCUT2D eigenvalue weighted by atomic mass is 10.2. The van der Waals surface area contributed by atoms with E-state index in [1.165, 1.54) is 32.1 Å². The lowest BCUT2D eigenvalue weighted by Crippen LogP contribution is -1.97. The monoisotopic (exact) mass is 223 g/mol. The van der Waals surface area contributed by atoms with Gasteiger partial charge in [-0.2, -0.15) is 0 Å². The summed E-state index contributed by atoms with van der Waals surface area (Å²) in [6, 6.07) is 0. The Kier molecular flexibility index (Phi) is 15.3. The third-order valence-electron chi connectivity index (χ3n) is 2.38. The summed E-state index contributed by atoms with van der Waals surface area (Å²) >= 11 is 0. The van der Waals surface area contributed by atoms with Crippen molar-refractivity contribution in [3.63, 3.8) is 0 Å². The van der Waals surface area contributed by atoms with Gasteiger partial charge in [0.2, 0.25) is 0 Å². The average molecular weight is 223 g/mol. The number of unbranched alkanes of at least 4 members (excludes halogenated alkanes) is 4. The van der Waals surface area contributed by atoms with Gasteiger partial charge >= 0.3 is 0 Å². The lowest BCUT2D eigenvalue weighted by molar-refractivity contribution is 0.656. The van der Waals surface area contributed by atoms with Gasteiger partial charge < -0.3 is 5.73 Å². The molecule has 0 aliphatic heterocycles. The van der Waals surface area contributed by atoms with Crippen molar-refractivity contribution in [1.29, 1.82) is 0 Å². The fourth-order valence-electron chi connectivity index (χ4n) is 1.25. The predicted molar refractivity (Wildman–Crippen MR) is 76.3 cm³/mol. The zero-order valence-electron chi connectivity index (χ0n) is 11.6.